The smallest absolute Gasteiger partial charge is 0.339 e. The third-order valence-electron chi connectivity index (χ3n) is 6.86. The molecule has 0 unspecified atom stereocenters. The molecule has 0 amide bonds. The Bertz CT molecular complexity index is 1260. The van der Waals surface area contributed by atoms with Crippen molar-refractivity contribution in [2.75, 3.05) is 7.11 Å². The van der Waals surface area contributed by atoms with Crippen molar-refractivity contribution >= 4 is 22.7 Å². The Morgan fingerprint density at radius 3 is 2.42 bits per heavy atom. The largest absolute Gasteiger partial charge is 0.496 e. The van der Waals surface area contributed by atoms with E-state index in [1.54, 1.807) is 0 Å². The van der Waals surface area contributed by atoms with Crippen LogP contribution in [0.1, 0.15) is 60.5 Å². The fourth-order valence-electron chi connectivity index (χ4n) is 4.65. The lowest BCUT2D eigenvalue weighted by Gasteiger charge is -2.35. The van der Waals surface area contributed by atoms with E-state index in [2.05, 4.69) is 0 Å². The fourth-order valence-corrected chi connectivity index (χ4v) is 4.65. The highest BCUT2D eigenvalue weighted by atomic mass is 19.3. The predicted molar refractivity (Wildman–Crippen MR) is 130 cm³/mol. The van der Waals surface area contributed by atoms with Crippen LogP contribution < -0.4 is 9.47 Å². The van der Waals surface area contributed by atoms with Gasteiger partial charge in [0.25, 0.3) is 6.43 Å². The third-order valence-corrected chi connectivity index (χ3v) is 6.86. The van der Waals surface area contributed by atoms with Crippen molar-refractivity contribution in [1.29, 1.82) is 0 Å². The maximum atomic E-state index is 13.6. The number of carbonyl (C=O) groups is 2. The molecule has 0 heterocycles. The maximum absolute atomic E-state index is 13.6. The number of methoxy groups -OCH3 is 1. The topological polar surface area (TPSA) is 82.1 Å². The second-order valence-electron chi connectivity index (χ2n) is 9.29. The SMILES string of the molecule is COc1cc(C(F)F)c(O[C@H]2CC[C@@](C)(C(=O)OCc3cccc4ccccc34)CC2)cc1C(=O)O. The predicted octanol–water partition coefficient (Wildman–Crippen LogP) is 6.56. The van der Waals surface area contributed by atoms with E-state index >= 15 is 0 Å². The number of rotatable bonds is 8. The van der Waals surface area contributed by atoms with Crippen LogP contribution in [0.15, 0.2) is 54.6 Å². The van der Waals surface area contributed by atoms with Crippen LogP contribution in [0.2, 0.25) is 0 Å². The Balaban J connectivity index is 1.41. The van der Waals surface area contributed by atoms with E-state index in [1.165, 1.54) is 7.11 Å². The van der Waals surface area contributed by atoms with Crippen LogP contribution in [-0.4, -0.2) is 30.3 Å². The minimum Gasteiger partial charge on any atom is -0.496 e. The second-order valence-corrected chi connectivity index (χ2v) is 9.29. The zero-order chi connectivity index (χ0) is 25.9. The minimum absolute atomic E-state index is 0.157. The first-order valence-corrected chi connectivity index (χ1v) is 11.8. The van der Waals surface area contributed by atoms with E-state index in [0.29, 0.717) is 25.7 Å². The van der Waals surface area contributed by atoms with Gasteiger partial charge in [-0.15, -0.1) is 0 Å². The monoisotopic (exact) mass is 498 g/mol. The molecule has 3 aromatic carbocycles. The van der Waals surface area contributed by atoms with Crippen molar-refractivity contribution in [2.45, 2.75) is 51.7 Å². The van der Waals surface area contributed by atoms with Gasteiger partial charge in [-0.05, 0) is 61.1 Å². The number of benzene rings is 3. The normalized spacial score (nSPS) is 19.8. The van der Waals surface area contributed by atoms with Crippen molar-refractivity contribution in [3.05, 3.63) is 71.3 Å². The van der Waals surface area contributed by atoms with E-state index in [1.807, 2.05) is 49.4 Å². The lowest BCUT2D eigenvalue weighted by molar-refractivity contribution is -0.159. The van der Waals surface area contributed by atoms with Crippen molar-refractivity contribution in [2.24, 2.45) is 5.41 Å². The highest BCUT2D eigenvalue weighted by molar-refractivity contribution is 5.91. The van der Waals surface area contributed by atoms with E-state index in [0.717, 1.165) is 28.5 Å². The molecule has 0 aromatic heterocycles. The number of aromatic carboxylic acids is 1. The van der Waals surface area contributed by atoms with Crippen molar-refractivity contribution in [1.82, 2.24) is 0 Å². The molecule has 0 saturated heterocycles. The summed E-state index contributed by atoms with van der Waals surface area (Å²) in [7, 11) is 1.22. The summed E-state index contributed by atoms with van der Waals surface area (Å²) >= 11 is 0. The molecule has 0 aliphatic heterocycles. The molecule has 8 heteroatoms. The van der Waals surface area contributed by atoms with Crippen LogP contribution in [0, 0.1) is 5.41 Å². The van der Waals surface area contributed by atoms with Gasteiger partial charge in [-0.2, -0.15) is 0 Å². The molecule has 0 atom stereocenters. The minimum atomic E-state index is -2.87. The number of fused-ring (bicyclic) bond motifs is 1. The molecule has 1 aliphatic carbocycles. The van der Waals surface area contributed by atoms with Crippen molar-refractivity contribution in [3.8, 4) is 11.5 Å². The van der Waals surface area contributed by atoms with Gasteiger partial charge >= 0.3 is 11.9 Å². The summed E-state index contributed by atoms with van der Waals surface area (Å²) in [5.74, 6) is -1.95. The molecule has 1 N–H and O–H groups in total. The Morgan fingerprint density at radius 2 is 1.75 bits per heavy atom. The summed E-state index contributed by atoms with van der Waals surface area (Å²) in [4.78, 5) is 24.5. The van der Waals surface area contributed by atoms with Crippen LogP contribution in [0.25, 0.3) is 10.8 Å². The van der Waals surface area contributed by atoms with Gasteiger partial charge in [0.05, 0.1) is 24.2 Å². The van der Waals surface area contributed by atoms with Crippen molar-refractivity contribution in [3.63, 3.8) is 0 Å². The molecule has 0 radical (unpaired) electrons. The fraction of sp³-hybridized carbons (Fsp3) is 0.357. The number of carboxylic acids is 1. The number of ether oxygens (including phenoxy) is 3. The first-order chi connectivity index (χ1) is 17.2. The average Bonchev–Trinajstić information content (AvgIpc) is 2.88. The number of halogens is 2. The van der Waals surface area contributed by atoms with E-state index in [-0.39, 0.29) is 29.6 Å². The number of esters is 1. The van der Waals surface area contributed by atoms with Gasteiger partial charge in [0.2, 0.25) is 0 Å². The van der Waals surface area contributed by atoms with E-state index in [9.17, 15) is 23.5 Å². The standard InChI is InChI=1S/C28H28F2O6/c1-28(27(33)35-16-18-8-5-7-17-6-3-4-9-20(17)18)12-10-19(11-13-28)36-24-15-22(26(31)32)23(34-2)14-21(24)25(29)30/h3-9,14-15,19,25H,10-13,16H2,1-2H3,(H,31,32)/t19-,28+. The highest BCUT2D eigenvalue weighted by Gasteiger charge is 2.40. The van der Waals surface area contributed by atoms with E-state index < -0.39 is 29.5 Å². The molecule has 36 heavy (non-hydrogen) atoms. The van der Waals surface area contributed by atoms with Crippen LogP contribution in [-0.2, 0) is 16.1 Å². The lowest BCUT2D eigenvalue weighted by Crippen LogP contribution is -2.37. The zero-order valence-electron chi connectivity index (χ0n) is 20.1. The molecule has 3 aromatic rings. The summed E-state index contributed by atoms with van der Waals surface area (Å²) in [6, 6.07) is 15.8. The summed E-state index contributed by atoms with van der Waals surface area (Å²) in [6.07, 6.45) is -1.50. The molecular weight excluding hydrogens is 470 g/mol. The highest BCUT2D eigenvalue weighted by Crippen LogP contribution is 2.41. The first-order valence-electron chi connectivity index (χ1n) is 11.8. The van der Waals surface area contributed by atoms with Gasteiger partial charge < -0.3 is 19.3 Å². The molecule has 1 aliphatic rings. The van der Waals surface area contributed by atoms with Crippen LogP contribution >= 0.6 is 0 Å². The van der Waals surface area contributed by atoms with Gasteiger partial charge in [-0.25, -0.2) is 13.6 Å². The molecule has 0 spiro atoms. The third kappa shape index (κ3) is 5.27. The van der Waals surface area contributed by atoms with Gasteiger partial charge in [0, 0.05) is 0 Å². The second kappa shape index (κ2) is 10.5. The number of alkyl halides is 2. The molecule has 1 fully saturated rings. The number of carbonyl (C=O) groups excluding carboxylic acids is 1. The molecule has 4 rings (SSSR count). The summed E-state index contributed by atoms with van der Waals surface area (Å²) in [6.45, 7) is 2.01. The van der Waals surface area contributed by atoms with Crippen LogP contribution in [0.5, 0.6) is 11.5 Å². The molecule has 1 saturated carbocycles. The number of hydrogen-bond donors (Lipinski definition) is 1. The number of carboxylic acid groups (broad SMARTS) is 1. The maximum Gasteiger partial charge on any atom is 0.339 e. The van der Waals surface area contributed by atoms with Crippen LogP contribution in [0.4, 0.5) is 8.78 Å². The van der Waals surface area contributed by atoms with E-state index in [4.69, 9.17) is 14.2 Å². The van der Waals surface area contributed by atoms with Crippen molar-refractivity contribution < 1.29 is 37.7 Å². The Hall–Kier alpha value is -3.68. The van der Waals surface area contributed by atoms with Crippen LogP contribution in [0.3, 0.4) is 0 Å². The molecule has 190 valence electrons. The summed E-state index contributed by atoms with van der Waals surface area (Å²) in [5.41, 5.74) is -0.480. The number of hydrogen-bond acceptors (Lipinski definition) is 5. The zero-order valence-corrected chi connectivity index (χ0v) is 20.1. The Kier molecular flexibility index (Phi) is 7.43. The Labute approximate surface area is 207 Å². The molecule has 6 nitrogen and oxygen atoms in total. The molecular formula is C28H28F2O6. The quantitative estimate of drug-likeness (QED) is 0.355. The molecule has 0 bridgehead atoms. The summed E-state index contributed by atoms with van der Waals surface area (Å²) in [5, 5.41) is 11.5. The first kappa shape index (κ1) is 25.4. The van der Waals surface area contributed by atoms with Gasteiger partial charge in [-0.3, -0.25) is 4.79 Å². The van der Waals surface area contributed by atoms with Gasteiger partial charge in [-0.1, -0.05) is 42.5 Å². The lowest BCUT2D eigenvalue weighted by atomic mass is 9.74. The average molecular weight is 499 g/mol. The summed E-state index contributed by atoms with van der Waals surface area (Å²) < 4.78 is 43.8. The van der Waals surface area contributed by atoms with Gasteiger partial charge in [0.1, 0.15) is 23.7 Å². The Morgan fingerprint density at radius 1 is 1.06 bits per heavy atom. The van der Waals surface area contributed by atoms with Gasteiger partial charge in [0.15, 0.2) is 0 Å².